The summed E-state index contributed by atoms with van der Waals surface area (Å²) in [4.78, 5) is 5.65. The van der Waals surface area contributed by atoms with Gasteiger partial charge in [0, 0.05) is 34.0 Å². The van der Waals surface area contributed by atoms with Crippen LogP contribution in [0.2, 0.25) is 0 Å². The third-order valence-corrected chi connectivity index (χ3v) is 6.37. The van der Waals surface area contributed by atoms with E-state index in [2.05, 4.69) is 36.2 Å². The molecule has 1 aromatic heterocycles. The van der Waals surface area contributed by atoms with E-state index < -0.39 is 0 Å². The summed E-state index contributed by atoms with van der Waals surface area (Å²) in [5, 5.41) is 11.5. The van der Waals surface area contributed by atoms with E-state index in [4.69, 9.17) is 0 Å². The van der Waals surface area contributed by atoms with E-state index in [0.29, 0.717) is 0 Å². The van der Waals surface area contributed by atoms with Crippen LogP contribution >= 0.6 is 11.8 Å². The largest absolute Gasteiger partial charge is 0.264 e. The first-order valence-corrected chi connectivity index (χ1v) is 9.74. The van der Waals surface area contributed by atoms with Crippen molar-refractivity contribution in [3.05, 3.63) is 60.4 Å². The van der Waals surface area contributed by atoms with Crippen LogP contribution in [0.3, 0.4) is 0 Å². The van der Waals surface area contributed by atoms with Crippen molar-refractivity contribution in [2.24, 2.45) is 11.8 Å². The highest BCUT2D eigenvalue weighted by atomic mass is 32.2. The van der Waals surface area contributed by atoms with E-state index in [-0.39, 0.29) is 0 Å². The molecule has 1 fully saturated rings. The minimum Gasteiger partial charge on any atom is -0.264 e. The molecule has 0 saturated heterocycles. The van der Waals surface area contributed by atoms with Crippen LogP contribution in [0.1, 0.15) is 25.3 Å². The molecule has 1 saturated carbocycles. The lowest BCUT2D eigenvalue weighted by molar-refractivity contribution is 0.238. The van der Waals surface area contributed by atoms with Gasteiger partial charge in [-0.25, -0.2) is 0 Å². The van der Waals surface area contributed by atoms with E-state index in [1.165, 1.54) is 29.1 Å². The highest BCUT2D eigenvalue weighted by molar-refractivity contribution is 7.99. The minimum atomic E-state index is 0.723. The van der Waals surface area contributed by atoms with Gasteiger partial charge in [-0.2, -0.15) is 5.26 Å². The molecule has 1 aliphatic rings. The quantitative estimate of drug-likeness (QED) is 0.552. The molecule has 0 spiro atoms. The number of nitrogens with zero attached hydrogens (tertiary/aromatic N) is 2. The SMILES string of the molecule is C[C@H]1C[C@H](CSc2ccncc2-c2ccc(C#N)c3ccccc23)C1. The first kappa shape index (κ1) is 16.2. The number of hydrogen-bond acceptors (Lipinski definition) is 3. The number of benzene rings is 2. The second-order valence-corrected chi connectivity index (χ2v) is 8.01. The number of hydrogen-bond donors (Lipinski definition) is 0. The van der Waals surface area contributed by atoms with Gasteiger partial charge in [-0.15, -0.1) is 11.8 Å². The number of nitriles is 1. The lowest BCUT2D eigenvalue weighted by Gasteiger charge is -2.32. The molecule has 0 atom stereocenters. The summed E-state index contributed by atoms with van der Waals surface area (Å²) in [7, 11) is 0. The Morgan fingerprint density at radius 1 is 1.08 bits per heavy atom. The molecule has 4 rings (SSSR count). The van der Waals surface area contributed by atoms with Crippen LogP contribution in [-0.4, -0.2) is 10.7 Å². The summed E-state index contributed by atoms with van der Waals surface area (Å²) >= 11 is 1.94. The zero-order valence-corrected chi connectivity index (χ0v) is 15.1. The Morgan fingerprint density at radius 2 is 1.88 bits per heavy atom. The van der Waals surface area contributed by atoms with Crippen LogP contribution in [-0.2, 0) is 0 Å². The third kappa shape index (κ3) is 3.15. The van der Waals surface area contributed by atoms with Gasteiger partial charge >= 0.3 is 0 Å². The number of fused-ring (bicyclic) bond motifs is 1. The zero-order valence-electron chi connectivity index (χ0n) is 14.3. The van der Waals surface area contributed by atoms with E-state index in [9.17, 15) is 5.26 Å². The van der Waals surface area contributed by atoms with Crippen LogP contribution in [0.5, 0.6) is 0 Å². The predicted molar refractivity (Wildman–Crippen MR) is 105 cm³/mol. The molecule has 1 heterocycles. The monoisotopic (exact) mass is 344 g/mol. The molecule has 3 heteroatoms. The smallest absolute Gasteiger partial charge is 0.0998 e. The number of aromatic nitrogens is 1. The van der Waals surface area contributed by atoms with Gasteiger partial charge in [-0.1, -0.05) is 37.3 Å². The van der Waals surface area contributed by atoms with Gasteiger partial charge in [-0.3, -0.25) is 4.98 Å². The molecule has 2 nitrogen and oxygen atoms in total. The van der Waals surface area contributed by atoms with Crippen LogP contribution in [0.15, 0.2) is 59.8 Å². The molecule has 3 aromatic rings. The maximum atomic E-state index is 9.39. The van der Waals surface area contributed by atoms with Crippen molar-refractivity contribution < 1.29 is 0 Å². The fourth-order valence-corrected chi connectivity index (χ4v) is 4.92. The van der Waals surface area contributed by atoms with Gasteiger partial charge in [0.15, 0.2) is 0 Å². The van der Waals surface area contributed by atoms with Crippen molar-refractivity contribution in [2.45, 2.75) is 24.7 Å². The summed E-state index contributed by atoms with van der Waals surface area (Å²) < 4.78 is 0. The lowest BCUT2D eigenvalue weighted by Crippen LogP contribution is -2.22. The maximum Gasteiger partial charge on any atom is 0.0998 e. The van der Waals surface area contributed by atoms with Crippen molar-refractivity contribution in [1.29, 1.82) is 5.26 Å². The molecular weight excluding hydrogens is 324 g/mol. The Kier molecular flexibility index (Phi) is 4.46. The third-order valence-electron chi connectivity index (χ3n) is 5.06. The highest BCUT2D eigenvalue weighted by Crippen LogP contribution is 2.40. The zero-order chi connectivity index (χ0) is 17.2. The molecule has 2 aromatic carbocycles. The molecule has 1 aliphatic carbocycles. The second-order valence-electron chi connectivity index (χ2n) is 6.94. The van der Waals surface area contributed by atoms with Gasteiger partial charge in [-0.05, 0) is 47.8 Å². The maximum absolute atomic E-state index is 9.39. The van der Waals surface area contributed by atoms with Gasteiger partial charge in [0.25, 0.3) is 0 Å². The molecule has 0 bridgehead atoms. The first-order valence-electron chi connectivity index (χ1n) is 8.75. The van der Waals surface area contributed by atoms with Gasteiger partial charge < -0.3 is 0 Å². The number of rotatable bonds is 4. The van der Waals surface area contributed by atoms with Crippen molar-refractivity contribution >= 4 is 22.5 Å². The Labute approximate surface area is 152 Å². The fourth-order valence-electron chi connectivity index (χ4n) is 3.75. The summed E-state index contributed by atoms with van der Waals surface area (Å²) in [6, 6.07) is 16.6. The van der Waals surface area contributed by atoms with Crippen molar-refractivity contribution in [1.82, 2.24) is 4.98 Å². The van der Waals surface area contributed by atoms with Crippen LogP contribution in [0.4, 0.5) is 0 Å². The van der Waals surface area contributed by atoms with Crippen LogP contribution in [0, 0.1) is 23.2 Å². The van der Waals surface area contributed by atoms with Crippen molar-refractivity contribution in [2.75, 3.05) is 5.75 Å². The van der Waals surface area contributed by atoms with Gasteiger partial charge in [0.2, 0.25) is 0 Å². The lowest BCUT2D eigenvalue weighted by atomic mass is 9.77. The number of thioether (sulfide) groups is 1. The van der Waals surface area contributed by atoms with E-state index in [1.54, 1.807) is 0 Å². The van der Waals surface area contributed by atoms with Gasteiger partial charge in [0.05, 0.1) is 11.6 Å². The molecule has 0 radical (unpaired) electrons. The molecular formula is C22H20N2S. The Hall–Kier alpha value is -2.31. The minimum absolute atomic E-state index is 0.723. The van der Waals surface area contributed by atoms with E-state index in [0.717, 1.165) is 33.7 Å². The van der Waals surface area contributed by atoms with E-state index >= 15 is 0 Å². The average Bonchev–Trinajstić information content (AvgIpc) is 2.64. The average molecular weight is 344 g/mol. The summed E-state index contributed by atoms with van der Waals surface area (Å²) in [5.74, 6) is 2.92. The van der Waals surface area contributed by atoms with Crippen LogP contribution < -0.4 is 0 Å². The predicted octanol–water partition coefficient (Wildman–Crippen LogP) is 5.91. The standard InChI is InChI=1S/C22H20N2S/c1-15-10-16(11-15)14-25-22-8-9-24-13-21(22)20-7-6-17(12-23)18-4-2-3-5-19(18)20/h2-9,13,15-16H,10-11,14H2,1H3/t15-,16-. The molecule has 0 unspecified atom stereocenters. The topological polar surface area (TPSA) is 36.7 Å². The molecule has 25 heavy (non-hydrogen) atoms. The highest BCUT2D eigenvalue weighted by Gasteiger charge is 2.25. The summed E-state index contributed by atoms with van der Waals surface area (Å²) in [5.41, 5.74) is 3.05. The normalized spacial score (nSPS) is 19.4. The molecule has 0 amide bonds. The Bertz CT molecular complexity index is 952. The molecule has 0 aliphatic heterocycles. The summed E-state index contributed by atoms with van der Waals surface area (Å²) in [6.45, 7) is 2.34. The van der Waals surface area contributed by atoms with Crippen LogP contribution in [0.25, 0.3) is 21.9 Å². The van der Waals surface area contributed by atoms with Gasteiger partial charge in [0.1, 0.15) is 0 Å². The Morgan fingerprint density at radius 3 is 2.64 bits per heavy atom. The molecule has 0 N–H and O–H groups in total. The fraction of sp³-hybridized carbons (Fsp3) is 0.273. The summed E-state index contributed by atoms with van der Waals surface area (Å²) in [6.07, 6.45) is 6.54. The molecule has 124 valence electrons. The Balaban J connectivity index is 1.73. The van der Waals surface area contributed by atoms with E-state index in [1.807, 2.05) is 48.4 Å². The van der Waals surface area contributed by atoms with Crippen molar-refractivity contribution in [3.63, 3.8) is 0 Å². The van der Waals surface area contributed by atoms with Crippen molar-refractivity contribution in [3.8, 4) is 17.2 Å². The number of pyridine rings is 1. The first-order chi connectivity index (χ1) is 12.3. The second kappa shape index (κ2) is 6.90.